The largest absolute Gasteiger partial charge is 0.275 e. The fourth-order valence-electron chi connectivity index (χ4n) is 0.609. The second kappa shape index (κ2) is 2.49. The summed E-state index contributed by atoms with van der Waals surface area (Å²) < 4.78 is 1.65. The molecular weight excluding hydrogens is 114 g/mol. The summed E-state index contributed by atoms with van der Waals surface area (Å²) in [6.07, 6.45) is 3.74. The minimum Gasteiger partial charge on any atom is -0.275 e. The van der Waals surface area contributed by atoms with Gasteiger partial charge in [-0.25, -0.2) is 0 Å². The highest BCUT2D eigenvalue weighted by atomic mass is 16.6. The standard InChI is InChI=1S/C7H10NO/c1-7-3-5-8(9-2)6-4-7/h3-6H,1-2H3/q+1. The zero-order chi connectivity index (χ0) is 6.69. The molecule has 0 unspecified atom stereocenters. The van der Waals surface area contributed by atoms with Crippen LogP contribution in [0.25, 0.3) is 0 Å². The summed E-state index contributed by atoms with van der Waals surface area (Å²) >= 11 is 0. The fourth-order valence-corrected chi connectivity index (χ4v) is 0.609. The number of aromatic nitrogens is 1. The van der Waals surface area contributed by atoms with Crippen LogP contribution in [0.2, 0.25) is 0 Å². The first-order valence-corrected chi connectivity index (χ1v) is 2.85. The second-order valence-corrected chi connectivity index (χ2v) is 1.92. The molecule has 0 atom stereocenters. The SMILES string of the molecule is CO[n+]1ccc(C)cc1. The molecule has 1 rings (SSSR count). The zero-order valence-corrected chi connectivity index (χ0v) is 5.66. The number of nitrogens with zero attached hydrogens (tertiary/aromatic N) is 1. The van der Waals surface area contributed by atoms with Gasteiger partial charge in [0.1, 0.15) is 7.11 Å². The Bertz CT molecular complexity index is 181. The van der Waals surface area contributed by atoms with Crippen molar-refractivity contribution in [3.05, 3.63) is 30.1 Å². The summed E-state index contributed by atoms with van der Waals surface area (Å²) in [7, 11) is 1.63. The van der Waals surface area contributed by atoms with E-state index in [2.05, 4.69) is 0 Å². The third-order valence-corrected chi connectivity index (χ3v) is 1.18. The summed E-state index contributed by atoms with van der Waals surface area (Å²) in [5.74, 6) is 0. The molecule has 2 heteroatoms. The Hall–Kier alpha value is -1.05. The van der Waals surface area contributed by atoms with Gasteiger partial charge in [-0.2, -0.15) is 0 Å². The van der Waals surface area contributed by atoms with Crippen molar-refractivity contribution in [3.8, 4) is 0 Å². The molecule has 0 saturated heterocycles. The molecule has 1 heterocycles. The average Bonchev–Trinajstić information content (AvgIpc) is 1.90. The summed E-state index contributed by atoms with van der Waals surface area (Å²) in [5.41, 5.74) is 1.24. The highest BCUT2D eigenvalue weighted by Crippen LogP contribution is 1.87. The Labute approximate surface area is 54.7 Å². The number of hydrogen-bond acceptors (Lipinski definition) is 1. The van der Waals surface area contributed by atoms with Gasteiger partial charge in [0.15, 0.2) is 0 Å². The van der Waals surface area contributed by atoms with Gasteiger partial charge < -0.3 is 0 Å². The maximum absolute atomic E-state index is 4.89. The molecule has 0 radical (unpaired) electrons. The molecule has 1 aromatic rings. The highest BCUT2D eigenvalue weighted by Gasteiger charge is 1.93. The van der Waals surface area contributed by atoms with Crippen LogP contribution in [-0.2, 0) is 0 Å². The molecule has 2 nitrogen and oxygen atoms in total. The maximum atomic E-state index is 4.89. The van der Waals surface area contributed by atoms with Gasteiger partial charge in [0.2, 0.25) is 12.4 Å². The topological polar surface area (TPSA) is 13.1 Å². The summed E-state index contributed by atoms with van der Waals surface area (Å²) in [4.78, 5) is 4.89. The molecule has 48 valence electrons. The van der Waals surface area contributed by atoms with Crippen LogP contribution in [0.4, 0.5) is 0 Å². The van der Waals surface area contributed by atoms with Gasteiger partial charge in [-0.3, -0.25) is 4.84 Å². The molecule has 0 aliphatic carbocycles. The van der Waals surface area contributed by atoms with Crippen LogP contribution in [0.15, 0.2) is 24.5 Å². The van der Waals surface area contributed by atoms with Crippen LogP contribution in [0.1, 0.15) is 5.56 Å². The van der Waals surface area contributed by atoms with Gasteiger partial charge in [0, 0.05) is 16.9 Å². The molecule has 0 fully saturated rings. The van der Waals surface area contributed by atoms with Crippen molar-refractivity contribution in [2.24, 2.45) is 0 Å². The van der Waals surface area contributed by atoms with Crippen LogP contribution in [-0.4, -0.2) is 7.11 Å². The second-order valence-electron chi connectivity index (χ2n) is 1.92. The van der Waals surface area contributed by atoms with E-state index < -0.39 is 0 Å². The van der Waals surface area contributed by atoms with Gasteiger partial charge in [-0.15, -0.1) is 0 Å². The smallest absolute Gasteiger partial charge is 0.222 e. The van der Waals surface area contributed by atoms with Crippen molar-refractivity contribution in [2.45, 2.75) is 6.92 Å². The van der Waals surface area contributed by atoms with Crippen LogP contribution in [0.5, 0.6) is 0 Å². The average molecular weight is 124 g/mol. The molecule has 0 N–H and O–H groups in total. The number of hydrogen-bond donors (Lipinski definition) is 0. The minimum absolute atomic E-state index is 1.24. The predicted octanol–water partition coefficient (Wildman–Crippen LogP) is 0.341. The van der Waals surface area contributed by atoms with E-state index in [4.69, 9.17) is 4.84 Å². The number of aryl methyl sites for hydroxylation is 1. The third kappa shape index (κ3) is 1.42. The summed E-state index contributed by atoms with van der Waals surface area (Å²) in [6, 6.07) is 3.98. The summed E-state index contributed by atoms with van der Waals surface area (Å²) in [5, 5.41) is 0. The number of pyridine rings is 1. The first-order chi connectivity index (χ1) is 4.33. The van der Waals surface area contributed by atoms with Crippen LogP contribution < -0.4 is 9.57 Å². The molecule has 9 heavy (non-hydrogen) atoms. The molecule has 0 spiro atoms. The lowest BCUT2D eigenvalue weighted by Crippen LogP contribution is -2.39. The van der Waals surface area contributed by atoms with E-state index in [0.717, 1.165) is 0 Å². The zero-order valence-electron chi connectivity index (χ0n) is 5.66. The Morgan fingerprint density at radius 1 is 1.33 bits per heavy atom. The third-order valence-electron chi connectivity index (χ3n) is 1.18. The van der Waals surface area contributed by atoms with Crippen molar-refractivity contribution < 1.29 is 9.57 Å². The van der Waals surface area contributed by atoms with Gasteiger partial charge >= 0.3 is 0 Å². The van der Waals surface area contributed by atoms with E-state index in [1.807, 2.05) is 31.5 Å². The fraction of sp³-hybridized carbons (Fsp3) is 0.286. The number of rotatable bonds is 1. The van der Waals surface area contributed by atoms with Crippen molar-refractivity contribution in [2.75, 3.05) is 7.11 Å². The highest BCUT2D eigenvalue weighted by molar-refractivity contribution is 5.02. The minimum atomic E-state index is 1.24. The quantitative estimate of drug-likeness (QED) is 0.492. The van der Waals surface area contributed by atoms with Crippen LogP contribution in [0, 0.1) is 6.92 Å². The van der Waals surface area contributed by atoms with Crippen molar-refractivity contribution in [3.63, 3.8) is 0 Å². The van der Waals surface area contributed by atoms with Gasteiger partial charge in [0.25, 0.3) is 0 Å². The van der Waals surface area contributed by atoms with Gasteiger partial charge in [-0.1, -0.05) is 0 Å². The van der Waals surface area contributed by atoms with E-state index in [9.17, 15) is 0 Å². The lowest BCUT2D eigenvalue weighted by molar-refractivity contribution is -0.885. The van der Waals surface area contributed by atoms with Crippen LogP contribution in [0.3, 0.4) is 0 Å². The summed E-state index contributed by atoms with van der Waals surface area (Å²) in [6.45, 7) is 2.04. The van der Waals surface area contributed by atoms with Crippen molar-refractivity contribution >= 4 is 0 Å². The first-order valence-electron chi connectivity index (χ1n) is 2.85. The first kappa shape index (κ1) is 6.08. The monoisotopic (exact) mass is 124 g/mol. The lowest BCUT2D eigenvalue weighted by atomic mass is 10.3. The van der Waals surface area contributed by atoms with Crippen molar-refractivity contribution in [1.29, 1.82) is 0 Å². The predicted molar refractivity (Wildman–Crippen MR) is 33.9 cm³/mol. The van der Waals surface area contributed by atoms with E-state index in [1.165, 1.54) is 5.56 Å². The molecule has 0 amide bonds. The van der Waals surface area contributed by atoms with Crippen LogP contribution >= 0.6 is 0 Å². The molecule has 0 aliphatic heterocycles. The molecule has 0 bridgehead atoms. The molecule has 0 aliphatic rings. The van der Waals surface area contributed by atoms with E-state index in [1.54, 1.807) is 11.8 Å². The Morgan fingerprint density at radius 3 is 2.33 bits per heavy atom. The Balaban J connectivity index is 2.88. The molecule has 1 aromatic heterocycles. The van der Waals surface area contributed by atoms with Crippen molar-refractivity contribution in [1.82, 2.24) is 0 Å². The maximum Gasteiger partial charge on any atom is 0.222 e. The van der Waals surface area contributed by atoms with E-state index in [-0.39, 0.29) is 0 Å². The molecule has 0 aromatic carbocycles. The molecular formula is C7H10NO+. The Kier molecular flexibility index (Phi) is 1.68. The normalized spacial score (nSPS) is 9.11. The van der Waals surface area contributed by atoms with Gasteiger partial charge in [0.05, 0.1) is 0 Å². The lowest BCUT2D eigenvalue weighted by Gasteiger charge is -1.88. The van der Waals surface area contributed by atoms with E-state index in [0.29, 0.717) is 0 Å². The van der Waals surface area contributed by atoms with Gasteiger partial charge in [-0.05, 0) is 12.5 Å². The Morgan fingerprint density at radius 2 is 1.89 bits per heavy atom. The molecule has 0 saturated carbocycles. The van der Waals surface area contributed by atoms with E-state index >= 15 is 0 Å².